The van der Waals surface area contributed by atoms with E-state index in [0.717, 1.165) is 46.4 Å². The molecule has 0 bridgehead atoms. The van der Waals surface area contributed by atoms with E-state index in [-0.39, 0.29) is 5.91 Å². The topological polar surface area (TPSA) is 33.2 Å². The Bertz CT molecular complexity index is 847. The lowest BCUT2D eigenvalue weighted by Gasteiger charge is -2.32. The highest BCUT2D eigenvalue weighted by Gasteiger charge is 2.27. The molecule has 1 fully saturated rings. The minimum absolute atomic E-state index is 0.143. The van der Waals surface area contributed by atoms with Gasteiger partial charge in [-0.1, -0.05) is 36.4 Å². The SMILES string of the molecule is Cc1nc(-c2cccs2)sc1C(=O)N1CCC(c2ccccc2)CC1. The highest BCUT2D eigenvalue weighted by atomic mass is 32.1. The van der Waals surface area contributed by atoms with Crippen molar-refractivity contribution >= 4 is 28.6 Å². The summed E-state index contributed by atoms with van der Waals surface area (Å²) in [6.07, 6.45) is 2.07. The number of thiazole rings is 1. The highest BCUT2D eigenvalue weighted by molar-refractivity contribution is 7.22. The second kappa shape index (κ2) is 7.10. The smallest absolute Gasteiger partial charge is 0.265 e. The number of hydrogen-bond donors (Lipinski definition) is 0. The number of carbonyl (C=O) groups excluding carboxylic acids is 1. The van der Waals surface area contributed by atoms with Crippen molar-refractivity contribution in [3.05, 3.63) is 64.0 Å². The van der Waals surface area contributed by atoms with Crippen LogP contribution in [0.15, 0.2) is 47.8 Å². The fraction of sp³-hybridized carbons (Fsp3) is 0.300. The normalized spacial score (nSPS) is 15.5. The van der Waals surface area contributed by atoms with Gasteiger partial charge >= 0.3 is 0 Å². The largest absolute Gasteiger partial charge is 0.338 e. The van der Waals surface area contributed by atoms with Crippen molar-refractivity contribution in [2.24, 2.45) is 0 Å². The van der Waals surface area contributed by atoms with Crippen molar-refractivity contribution < 1.29 is 4.79 Å². The molecule has 2 aromatic heterocycles. The molecule has 0 N–H and O–H groups in total. The summed E-state index contributed by atoms with van der Waals surface area (Å²) in [5, 5.41) is 3.00. The lowest BCUT2D eigenvalue weighted by Crippen LogP contribution is -2.37. The van der Waals surface area contributed by atoms with E-state index in [2.05, 4.69) is 41.4 Å². The third-order valence-electron chi connectivity index (χ3n) is 4.78. The molecule has 0 aliphatic carbocycles. The number of hydrogen-bond acceptors (Lipinski definition) is 4. The van der Waals surface area contributed by atoms with Crippen molar-refractivity contribution in [2.75, 3.05) is 13.1 Å². The van der Waals surface area contributed by atoms with Crippen LogP contribution in [0, 0.1) is 6.92 Å². The summed E-state index contributed by atoms with van der Waals surface area (Å²) in [6, 6.07) is 14.7. The van der Waals surface area contributed by atoms with Crippen LogP contribution in [0.25, 0.3) is 9.88 Å². The summed E-state index contributed by atoms with van der Waals surface area (Å²) in [5.41, 5.74) is 2.24. The number of amides is 1. The number of rotatable bonds is 3. The molecule has 1 aromatic carbocycles. The van der Waals surface area contributed by atoms with Gasteiger partial charge in [-0.05, 0) is 42.7 Å². The molecule has 4 rings (SSSR count). The number of aromatic nitrogens is 1. The Morgan fingerprint density at radius 1 is 1.12 bits per heavy atom. The monoisotopic (exact) mass is 368 g/mol. The lowest BCUT2D eigenvalue weighted by atomic mass is 9.89. The molecule has 3 nitrogen and oxygen atoms in total. The molecular weight excluding hydrogens is 348 g/mol. The number of nitrogens with zero attached hydrogens (tertiary/aromatic N) is 2. The average molecular weight is 369 g/mol. The Hall–Kier alpha value is -1.98. The molecule has 1 aliphatic rings. The zero-order valence-electron chi connectivity index (χ0n) is 14.1. The van der Waals surface area contributed by atoms with E-state index in [1.165, 1.54) is 16.9 Å². The zero-order valence-corrected chi connectivity index (χ0v) is 15.8. The molecule has 1 aliphatic heterocycles. The number of aryl methyl sites for hydroxylation is 1. The lowest BCUT2D eigenvalue weighted by molar-refractivity contribution is 0.0717. The number of piperidine rings is 1. The van der Waals surface area contributed by atoms with Crippen molar-refractivity contribution in [3.8, 4) is 9.88 Å². The van der Waals surface area contributed by atoms with E-state index in [1.807, 2.05) is 23.3 Å². The first-order chi connectivity index (χ1) is 12.2. The average Bonchev–Trinajstić information content (AvgIpc) is 3.32. The van der Waals surface area contributed by atoms with Crippen LogP contribution in [0.5, 0.6) is 0 Å². The van der Waals surface area contributed by atoms with Gasteiger partial charge in [0.1, 0.15) is 9.88 Å². The van der Waals surface area contributed by atoms with Gasteiger partial charge in [0.25, 0.3) is 5.91 Å². The summed E-state index contributed by atoms with van der Waals surface area (Å²) < 4.78 is 0. The van der Waals surface area contributed by atoms with Crippen LogP contribution in [0.4, 0.5) is 0 Å². The fourth-order valence-electron chi connectivity index (χ4n) is 3.39. The van der Waals surface area contributed by atoms with Crippen molar-refractivity contribution in [1.82, 2.24) is 9.88 Å². The molecule has 3 aromatic rings. The minimum atomic E-state index is 0.143. The van der Waals surface area contributed by atoms with Gasteiger partial charge in [-0.25, -0.2) is 4.98 Å². The van der Waals surface area contributed by atoms with E-state index in [4.69, 9.17) is 0 Å². The first-order valence-electron chi connectivity index (χ1n) is 8.58. The Morgan fingerprint density at radius 3 is 2.56 bits per heavy atom. The Balaban J connectivity index is 1.46. The number of benzene rings is 1. The quantitative estimate of drug-likeness (QED) is 0.636. The Labute approximate surface area is 156 Å². The molecule has 0 unspecified atom stereocenters. The van der Waals surface area contributed by atoms with Gasteiger partial charge in [0.05, 0.1) is 10.6 Å². The maximum atomic E-state index is 12.9. The molecule has 0 saturated carbocycles. The minimum Gasteiger partial charge on any atom is -0.338 e. The second-order valence-electron chi connectivity index (χ2n) is 6.39. The maximum Gasteiger partial charge on any atom is 0.265 e. The van der Waals surface area contributed by atoms with Crippen LogP contribution in [0.2, 0.25) is 0 Å². The van der Waals surface area contributed by atoms with Gasteiger partial charge in [0.2, 0.25) is 0 Å². The zero-order chi connectivity index (χ0) is 17.2. The third kappa shape index (κ3) is 3.39. The van der Waals surface area contributed by atoms with Crippen LogP contribution < -0.4 is 0 Å². The van der Waals surface area contributed by atoms with Crippen LogP contribution in [-0.2, 0) is 0 Å². The first kappa shape index (κ1) is 16.5. The van der Waals surface area contributed by atoms with Gasteiger partial charge in [-0.15, -0.1) is 22.7 Å². The third-order valence-corrected chi connectivity index (χ3v) is 6.96. The van der Waals surface area contributed by atoms with Gasteiger partial charge in [-0.2, -0.15) is 0 Å². The second-order valence-corrected chi connectivity index (χ2v) is 8.33. The van der Waals surface area contributed by atoms with E-state index in [0.29, 0.717) is 5.92 Å². The number of carbonyl (C=O) groups is 1. The summed E-state index contributed by atoms with van der Waals surface area (Å²) in [6.45, 7) is 3.59. The summed E-state index contributed by atoms with van der Waals surface area (Å²) in [4.78, 5) is 21.5. The molecule has 25 heavy (non-hydrogen) atoms. The molecule has 5 heteroatoms. The van der Waals surface area contributed by atoms with E-state index < -0.39 is 0 Å². The standard InChI is InChI=1S/C20H20N2OS2/c1-14-18(25-19(21-14)17-8-5-13-24-17)20(23)22-11-9-16(10-12-22)15-6-3-2-4-7-15/h2-8,13,16H,9-12H2,1H3. The number of likely N-dealkylation sites (tertiary alicyclic amines) is 1. The molecule has 3 heterocycles. The summed E-state index contributed by atoms with van der Waals surface area (Å²) in [7, 11) is 0. The molecule has 1 amide bonds. The van der Waals surface area contributed by atoms with Crippen molar-refractivity contribution in [2.45, 2.75) is 25.7 Å². The highest BCUT2D eigenvalue weighted by Crippen LogP contribution is 2.33. The molecule has 1 saturated heterocycles. The predicted octanol–water partition coefficient (Wildman–Crippen LogP) is 5.20. The molecule has 128 valence electrons. The van der Waals surface area contributed by atoms with Gasteiger partial charge in [0, 0.05) is 13.1 Å². The van der Waals surface area contributed by atoms with Crippen molar-refractivity contribution in [1.29, 1.82) is 0 Å². The molecule has 0 radical (unpaired) electrons. The predicted molar refractivity (Wildman–Crippen MR) is 104 cm³/mol. The Kier molecular flexibility index (Phi) is 4.68. The van der Waals surface area contributed by atoms with Crippen LogP contribution in [0.1, 0.15) is 39.7 Å². The van der Waals surface area contributed by atoms with Gasteiger partial charge in [-0.3, -0.25) is 4.79 Å². The maximum absolute atomic E-state index is 12.9. The van der Waals surface area contributed by atoms with Crippen LogP contribution >= 0.6 is 22.7 Å². The summed E-state index contributed by atoms with van der Waals surface area (Å²) >= 11 is 3.19. The first-order valence-corrected chi connectivity index (χ1v) is 10.3. The van der Waals surface area contributed by atoms with Gasteiger partial charge < -0.3 is 4.90 Å². The van der Waals surface area contributed by atoms with Gasteiger partial charge in [0.15, 0.2) is 0 Å². The summed E-state index contributed by atoms with van der Waals surface area (Å²) in [5.74, 6) is 0.707. The molecule has 0 spiro atoms. The van der Waals surface area contributed by atoms with E-state index >= 15 is 0 Å². The van der Waals surface area contributed by atoms with E-state index in [9.17, 15) is 4.79 Å². The number of thiophene rings is 1. The van der Waals surface area contributed by atoms with Crippen molar-refractivity contribution in [3.63, 3.8) is 0 Å². The molecule has 0 atom stereocenters. The Morgan fingerprint density at radius 2 is 1.88 bits per heavy atom. The fourth-order valence-corrected chi connectivity index (χ4v) is 5.22. The van der Waals surface area contributed by atoms with Crippen LogP contribution in [0.3, 0.4) is 0 Å². The van der Waals surface area contributed by atoms with Crippen LogP contribution in [-0.4, -0.2) is 28.9 Å². The molecular formula is C20H20N2OS2. The van der Waals surface area contributed by atoms with E-state index in [1.54, 1.807) is 11.3 Å².